The summed E-state index contributed by atoms with van der Waals surface area (Å²) in [7, 11) is 0. The Bertz CT molecular complexity index is 1290. The molecule has 1 aromatic carbocycles. The molecule has 1 aliphatic rings. The lowest BCUT2D eigenvalue weighted by molar-refractivity contribution is 0.0520. The number of hydrogen-bond donors (Lipinski definition) is 2. The first-order valence-corrected chi connectivity index (χ1v) is 12.2. The topological polar surface area (TPSA) is 83.1 Å². The van der Waals surface area contributed by atoms with E-state index in [-0.39, 0.29) is 5.97 Å². The molecule has 1 fully saturated rings. The molecule has 0 unspecified atom stereocenters. The third-order valence-corrected chi connectivity index (χ3v) is 6.44. The highest BCUT2D eigenvalue weighted by atomic mass is 16.5. The number of anilines is 1. The molecule has 7 nitrogen and oxygen atoms in total. The van der Waals surface area contributed by atoms with Crippen LogP contribution in [0.15, 0.2) is 48.8 Å². The normalized spacial score (nSPS) is 14.5. The van der Waals surface area contributed by atoms with Crippen molar-refractivity contribution in [2.45, 2.75) is 32.6 Å². The van der Waals surface area contributed by atoms with Gasteiger partial charge in [0.25, 0.3) is 0 Å². The van der Waals surface area contributed by atoms with Gasteiger partial charge in [0.05, 0.1) is 17.8 Å². The van der Waals surface area contributed by atoms with E-state index >= 15 is 0 Å². The van der Waals surface area contributed by atoms with Crippen molar-refractivity contribution in [1.82, 2.24) is 19.9 Å². The number of nitrogens with zero attached hydrogens (tertiary/aromatic N) is 3. The van der Waals surface area contributed by atoms with Crippen molar-refractivity contribution in [2.24, 2.45) is 0 Å². The molecule has 176 valence electrons. The van der Waals surface area contributed by atoms with Gasteiger partial charge in [0, 0.05) is 46.5 Å². The molecule has 0 amide bonds. The summed E-state index contributed by atoms with van der Waals surface area (Å²) in [6.45, 7) is 6.65. The van der Waals surface area contributed by atoms with Crippen LogP contribution < -0.4 is 5.32 Å². The molecule has 0 aliphatic carbocycles. The number of H-pyrrole nitrogens is 1. The summed E-state index contributed by atoms with van der Waals surface area (Å²) in [6, 6.07) is 12.0. The van der Waals surface area contributed by atoms with Gasteiger partial charge in [-0.1, -0.05) is 18.6 Å². The molecular formula is C27H31N5O2. The summed E-state index contributed by atoms with van der Waals surface area (Å²) < 4.78 is 5.12. The summed E-state index contributed by atoms with van der Waals surface area (Å²) >= 11 is 0. The summed E-state index contributed by atoms with van der Waals surface area (Å²) in [5.41, 5.74) is 5.16. The number of fused-ring (bicyclic) bond motifs is 2. The zero-order valence-electron chi connectivity index (χ0n) is 19.6. The summed E-state index contributed by atoms with van der Waals surface area (Å²) in [5, 5.41) is 5.62. The molecule has 3 aromatic heterocycles. The average Bonchev–Trinajstić information content (AvgIpc) is 3.31. The average molecular weight is 458 g/mol. The smallest absolute Gasteiger partial charge is 0.354 e. The second-order valence-electron chi connectivity index (χ2n) is 8.84. The van der Waals surface area contributed by atoms with E-state index in [0.717, 1.165) is 58.3 Å². The van der Waals surface area contributed by atoms with E-state index in [2.05, 4.69) is 26.3 Å². The Morgan fingerprint density at radius 3 is 2.88 bits per heavy atom. The number of likely N-dealkylation sites (tertiary alicyclic amines) is 1. The quantitative estimate of drug-likeness (QED) is 0.278. The Morgan fingerprint density at radius 2 is 2.03 bits per heavy atom. The van der Waals surface area contributed by atoms with Crippen molar-refractivity contribution in [2.75, 3.05) is 38.1 Å². The van der Waals surface area contributed by atoms with Gasteiger partial charge in [-0.2, -0.15) is 0 Å². The maximum Gasteiger partial charge on any atom is 0.354 e. The van der Waals surface area contributed by atoms with Crippen molar-refractivity contribution < 1.29 is 9.53 Å². The molecule has 0 bridgehead atoms. The van der Waals surface area contributed by atoms with Gasteiger partial charge < -0.3 is 19.9 Å². The highest BCUT2D eigenvalue weighted by Crippen LogP contribution is 2.30. The fraction of sp³-hybridized carbons (Fsp3) is 0.370. The Kier molecular flexibility index (Phi) is 6.72. The Morgan fingerprint density at radius 1 is 1.15 bits per heavy atom. The van der Waals surface area contributed by atoms with E-state index in [0.29, 0.717) is 12.3 Å². The minimum absolute atomic E-state index is 0.340. The predicted octanol–water partition coefficient (Wildman–Crippen LogP) is 5.24. The molecule has 34 heavy (non-hydrogen) atoms. The molecule has 1 saturated heterocycles. The second-order valence-corrected chi connectivity index (χ2v) is 8.84. The van der Waals surface area contributed by atoms with Crippen LogP contribution in [0, 0.1) is 0 Å². The van der Waals surface area contributed by atoms with Crippen molar-refractivity contribution in [3.8, 4) is 11.3 Å². The molecule has 0 saturated carbocycles. The van der Waals surface area contributed by atoms with Crippen LogP contribution >= 0.6 is 0 Å². The van der Waals surface area contributed by atoms with E-state index < -0.39 is 0 Å². The first-order chi connectivity index (χ1) is 16.7. The number of rotatable bonds is 8. The van der Waals surface area contributed by atoms with E-state index in [4.69, 9.17) is 9.72 Å². The second kappa shape index (κ2) is 10.2. The van der Waals surface area contributed by atoms with Crippen LogP contribution in [-0.4, -0.2) is 58.6 Å². The fourth-order valence-corrected chi connectivity index (χ4v) is 4.68. The minimum atomic E-state index is -0.340. The first-order valence-electron chi connectivity index (χ1n) is 12.2. The standard InChI is InChI=1S/C27H31N5O2/c1-2-34-27(33)26-16-20-8-7-19(15-23(20)31-26)24-17-25(21-18-28-11-9-22(21)30-24)29-10-6-14-32-12-4-3-5-13-32/h7-9,11,15-18,31H,2-6,10,12-14H2,1H3,(H,29,30). The van der Waals surface area contributed by atoms with Crippen LogP contribution in [0.2, 0.25) is 0 Å². The van der Waals surface area contributed by atoms with Crippen LogP contribution in [0.25, 0.3) is 33.1 Å². The monoisotopic (exact) mass is 457 g/mol. The van der Waals surface area contributed by atoms with Gasteiger partial charge in [-0.05, 0) is 70.1 Å². The molecule has 4 aromatic rings. The third kappa shape index (κ3) is 4.89. The molecule has 0 spiro atoms. The SMILES string of the molecule is CCOC(=O)c1cc2ccc(-c3cc(NCCCN4CCCCC4)c4cnccc4n3)cc2[nH]1. The van der Waals surface area contributed by atoms with Crippen LogP contribution in [0.1, 0.15) is 43.1 Å². The first kappa shape index (κ1) is 22.3. The Labute approximate surface area is 199 Å². The summed E-state index contributed by atoms with van der Waals surface area (Å²) in [6.07, 6.45) is 8.77. The van der Waals surface area contributed by atoms with Crippen molar-refractivity contribution in [1.29, 1.82) is 0 Å². The van der Waals surface area contributed by atoms with Gasteiger partial charge >= 0.3 is 5.97 Å². The lowest BCUT2D eigenvalue weighted by atomic mass is 10.1. The number of piperidine rings is 1. The molecular weight excluding hydrogens is 426 g/mol. The lowest BCUT2D eigenvalue weighted by Crippen LogP contribution is -2.31. The molecule has 7 heteroatoms. The van der Waals surface area contributed by atoms with Gasteiger partial charge in [0.15, 0.2) is 0 Å². The maximum atomic E-state index is 12.1. The van der Waals surface area contributed by atoms with E-state index in [1.165, 1.54) is 32.4 Å². The van der Waals surface area contributed by atoms with Crippen LogP contribution in [0.3, 0.4) is 0 Å². The highest BCUT2D eigenvalue weighted by molar-refractivity contribution is 5.97. The van der Waals surface area contributed by atoms with E-state index in [1.807, 2.05) is 36.5 Å². The van der Waals surface area contributed by atoms with E-state index in [1.54, 1.807) is 13.1 Å². The molecule has 1 aliphatic heterocycles. The van der Waals surface area contributed by atoms with Crippen LogP contribution in [0.4, 0.5) is 5.69 Å². The zero-order chi connectivity index (χ0) is 23.3. The van der Waals surface area contributed by atoms with Gasteiger partial charge in [0.1, 0.15) is 5.69 Å². The third-order valence-electron chi connectivity index (χ3n) is 6.44. The number of ether oxygens (including phenoxy) is 1. The Hall–Kier alpha value is -3.45. The molecule has 0 radical (unpaired) electrons. The van der Waals surface area contributed by atoms with Crippen LogP contribution in [0.5, 0.6) is 0 Å². The summed E-state index contributed by atoms with van der Waals surface area (Å²) in [4.78, 5) is 27.1. The lowest BCUT2D eigenvalue weighted by Gasteiger charge is -2.26. The predicted molar refractivity (Wildman–Crippen MR) is 136 cm³/mol. The van der Waals surface area contributed by atoms with Crippen molar-refractivity contribution >= 4 is 33.5 Å². The minimum Gasteiger partial charge on any atom is -0.461 e. The molecule has 0 atom stereocenters. The van der Waals surface area contributed by atoms with Crippen molar-refractivity contribution in [3.05, 3.63) is 54.5 Å². The number of nitrogens with one attached hydrogen (secondary N) is 2. The number of esters is 1. The largest absolute Gasteiger partial charge is 0.461 e. The van der Waals surface area contributed by atoms with Crippen LogP contribution in [-0.2, 0) is 4.74 Å². The number of aromatic amines is 1. The Balaban J connectivity index is 1.38. The van der Waals surface area contributed by atoms with E-state index in [9.17, 15) is 4.79 Å². The summed E-state index contributed by atoms with van der Waals surface area (Å²) in [5.74, 6) is -0.340. The van der Waals surface area contributed by atoms with Gasteiger partial charge in [-0.3, -0.25) is 4.98 Å². The molecule has 2 N–H and O–H groups in total. The van der Waals surface area contributed by atoms with Gasteiger partial charge in [-0.25, -0.2) is 9.78 Å². The number of carbonyl (C=O) groups is 1. The molecule has 4 heterocycles. The maximum absolute atomic E-state index is 12.1. The van der Waals surface area contributed by atoms with Gasteiger partial charge in [-0.15, -0.1) is 0 Å². The number of carbonyl (C=O) groups excluding carboxylic acids is 1. The number of benzene rings is 1. The van der Waals surface area contributed by atoms with Gasteiger partial charge in [0.2, 0.25) is 0 Å². The fourth-order valence-electron chi connectivity index (χ4n) is 4.68. The number of aromatic nitrogens is 3. The highest BCUT2D eigenvalue weighted by Gasteiger charge is 2.13. The zero-order valence-corrected chi connectivity index (χ0v) is 19.6. The number of hydrogen-bond acceptors (Lipinski definition) is 6. The molecule has 5 rings (SSSR count). The number of pyridine rings is 2. The van der Waals surface area contributed by atoms with Crippen molar-refractivity contribution in [3.63, 3.8) is 0 Å².